The summed E-state index contributed by atoms with van der Waals surface area (Å²) in [5.74, 6) is 0. The summed E-state index contributed by atoms with van der Waals surface area (Å²) in [6, 6.07) is 41.8. The molecule has 3 unspecified atom stereocenters. The lowest BCUT2D eigenvalue weighted by Crippen LogP contribution is -2.61. The molecule has 0 N–H and O–H groups in total. The molecule has 46 heavy (non-hydrogen) atoms. The Labute approximate surface area is 275 Å². The van der Waals surface area contributed by atoms with Crippen LogP contribution in [-0.4, -0.2) is 52.0 Å². The minimum Gasteiger partial charge on any atom is -0.374 e. The van der Waals surface area contributed by atoms with E-state index in [4.69, 9.17) is 28.4 Å². The molecule has 1 saturated heterocycles. The Morgan fingerprint density at radius 3 is 1.37 bits per heavy atom. The molecule has 0 saturated carbocycles. The van der Waals surface area contributed by atoms with Gasteiger partial charge < -0.3 is 28.4 Å². The van der Waals surface area contributed by atoms with Crippen molar-refractivity contribution < 1.29 is 28.4 Å². The summed E-state index contributed by atoms with van der Waals surface area (Å²) in [5, 5.41) is 0. The molecule has 5 atom stereocenters. The third-order valence-corrected chi connectivity index (χ3v) is 9.68. The molecule has 0 bridgehead atoms. The monoisotopic (exact) mass is 640 g/mol. The molecule has 1 fully saturated rings. The van der Waals surface area contributed by atoms with E-state index in [1.165, 1.54) is 0 Å². The molecule has 0 amide bonds. The lowest BCUT2D eigenvalue weighted by molar-refractivity contribution is -0.327. The summed E-state index contributed by atoms with van der Waals surface area (Å²) in [6.07, 6.45) is -2.58. The van der Waals surface area contributed by atoms with Crippen molar-refractivity contribution in [1.29, 1.82) is 0 Å². The second-order valence-electron chi connectivity index (χ2n) is 13.0. The number of ether oxygens (including phenoxy) is 6. The number of hydrogen-bond acceptors (Lipinski definition) is 6. The maximum atomic E-state index is 6.79. The van der Waals surface area contributed by atoms with Crippen LogP contribution in [0.3, 0.4) is 0 Å². The standard InChI is InChI=1S/C39H48O6Si/c1-46(2,3)25-24-41-39-38(44-29-34-22-14-7-15-23-34)37(43-28-33-20-12-6-13-21-33)36(42-27-32-18-10-5-11-19-32)35(45-39)30-40-26-31-16-8-4-9-17-31/h4-23,35-39H,24-30H2,1-3H3/t35?,36-,37?,38?,39-/m1/s1. The predicted octanol–water partition coefficient (Wildman–Crippen LogP) is 8.04. The van der Waals surface area contributed by atoms with Crippen molar-refractivity contribution >= 4 is 8.07 Å². The average molecular weight is 641 g/mol. The minimum atomic E-state index is -1.35. The maximum absolute atomic E-state index is 6.79. The van der Waals surface area contributed by atoms with Crippen LogP contribution in [0.2, 0.25) is 25.7 Å². The van der Waals surface area contributed by atoms with Crippen LogP contribution in [0.1, 0.15) is 22.3 Å². The molecule has 1 aliphatic heterocycles. The van der Waals surface area contributed by atoms with Crippen molar-refractivity contribution in [2.75, 3.05) is 13.2 Å². The third kappa shape index (κ3) is 11.0. The largest absolute Gasteiger partial charge is 0.374 e. The van der Waals surface area contributed by atoms with Crippen molar-refractivity contribution in [2.24, 2.45) is 0 Å². The van der Waals surface area contributed by atoms with Crippen LogP contribution >= 0.6 is 0 Å². The van der Waals surface area contributed by atoms with E-state index < -0.39 is 38.8 Å². The first-order chi connectivity index (χ1) is 22.4. The lowest BCUT2D eigenvalue weighted by Gasteiger charge is -2.46. The molecular formula is C39H48O6Si. The van der Waals surface area contributed by atoms with Gasteiger partial charge in [-0.25, -0.2) is 0 Å². The first-order valence-corrected chi connectivity index (χ1v) is 20.0. The Hall–Kier alpha value is -3.14. The molecule has 4 aromatic rings. The Morgan fingerprint density at radius 2 is 0.913 bits per heavy atom. The van der Waals surface area contributed by atoms with E-state index in [9.17, 15) is 0 Å². The van der Waals surface area contributed by atoms with Gasteiger partial charge in [0.25, 0.3) is 0 Å². The first-order valence-electron chi connectivity index (χ1n) is 16.3. The Bertz CT molecular complexity index is 1380. The topological polar surface area (TPSA) is 55.4 Å². The van der Waals surface area contributed by atoms with E-state index in [-0.39, 0.29) is 0 Å². The highest BCUT2D eigenvalue weighted by atomic mass is 28.3. The molecular weight excluding hydrogens is 593 g/mol. The highest BCUT2D eigenvalue weighted by molar-refractivity contribution is 6.76. The molecule has 0 spiro atoms. The zero-order valence-electron chi connectivity index (χ0n) is 27.3. The van der Waals surface area contributed by atoms with E-state index >= 15 is 0 Å². The number of benzene rings is 4. The van der Waals surface area contributed by atoms with Crippen molar-refractivity contribution in [3.63, 3.8) is 0 Å². The van der Waals surface area contributed by atoms with Gasteiger partial charge in [0.15, 0.2) is 6.29 Å². The van der Waals surface area contributed by atoms with Crippen LogP contribution < -0.4 is 0 Å². The van der Waals surface area contributed by atoms with Gasteiger partial charge in [0.1, 0.15) is 24.4 Å². The van der Waals surface area contributed by atoms with Gasteiger partial charge in [0.05, 0.1) is 33.0 Å². The van der Waals surface area contributed by atoms with Gasteiger partial charge in [-0.1, -0.05) is 141 Å². The number of hydrogen-bond donors (Lipinski definition) is 0. The zero-order chi connectivity index (χ0) is 32.0. The van der Waals surface area contributed by atoms with Gasteiger partial charge in [-0.2, -0.15) is 0 Å². The molecule has 0 radical (unpaired) electrons. The minimum absolute atomic E-state index is 0.318. The summed E-state index contributed by atoms with van der Waals surface area (Å²) in [4.78, 5) is 0. The van der Waals surface area contributed by atoms with Crippen molar-refractivity contribution in [1.82, 2.24) is 0 Å². The Morgan fingerprint density at radius 1 is 0.500 bits per heavy atom. The molecule has 1 aliphatic rings. The predicted molar refractivity (Wildman–Crippen MR) is 184 cm³/mol. The van der Waals surface area contributed by atoms with Crippen molar-refractivity contribution in [3.05, 3.63) is 144 Å². The molecule has 244 valence electrons. The Kier molecular flexibility index (Phi) is 13.1. The third-order valence-electron chi connectivity index (χ3n) is 7.97. The van der Waals surface area contributed by atoms with Crippen LogP contribution in [0, 0.1) is 0 Å². The van der Waals surface area contributed by atoms with E-state index in [0.717, 1.165) is 28.3 Å². The fraction of sp³-hybridized carbons (Fsp3) is 0.385. The van der Waals surface area contributed by atoms with Crippen molar-refractivity contribution in [3.8, 4) is 0 Å². The molecule has 5 rings (SSSR count). The van der Waals surface area contributed by atoms with Crippen LogP contribution in [-0.2, 0) is 54.8 Å². The van der Waals surface area contributed by atoms with E-state index in [0.29, 0.717) is 39.6 Å². The van der Waals surface area contributed by atoms with Crippen LogP contribution in [0.4, 0.5) is 0 Å². The molecule has 6 nitrogen and oxygen atoms in total. The van der Waals surface area contributed by atoms with Gasteiger partial charge >= 0.3 is 0 Å². The smallest absolute Gasteiger partial charge is 0.186 e. The molecule has 1 heterocycles. The zero-order valence-corrected chi connectivity index (χ0v) is 28.3. The fourth-order valence-electron chi connectivity index (χ4n) is 5.36. The van der Waals surface area contributed by atoms with Crippen LogP contribution in [0.5, 0.6) is 0 Å². The molecule has 4 aromatic carbocycles. The second kappa shape index (κ2) is 17.7. The summed E-state index contributed by atoms with van der Waals surface area (Å²) in [7, 11) is -1.35. The lowest BCUT2D eigenvalue weighted by atomic mass is 9.97. The van der Waals surface area contributed by atoms with Gasteiger partial charge in [0, 0.05) is 14.7 Å². The van der Waals surface area contributed by atoms with Gasteiger partial charge in [-0.15, -0.1) is 0 Å². The SMILES string of the molecule is C[Si](C)(C)CCO[C@@H]1OC(COCc2ccccc2)[C@@H](OCc2ccccc2)C(OCc2ccccc2)C1OCc1ccccc1. The van der Waals surface area contributed by atoms with Gasteiger partial charge in [-0.3, -0.25) is 0 Å². The fourth-order valence-corrected chi connectivity index (χ4v) is 6.09. The normalized spacial score (nSPS) is 21.7. The second-order valence-corrected chi connectivity index (χ2v) is 18.6. The van der Waals surface area contributed by atoms with E-state index in [1.807, 2.05) is 72.8 Å². The van der Waals surface area contributed by atoms with E-state index in [2.05, 4.69) is 68.2 Å². The highest BCUT2D eigenvalue weighted by Gasteiger charge is 2.49. The molecule has 0 aliphatic carbocycles. The summed E-state index contributed by atoms with van der Waals surface area (Å²) in [5.41, 5.74) is 4.32. The highest BCUT2D eigenvalue weighted by Crippen LogP contribution is 2.32. The summed E-state index contributed by atoms with van der Waals surface area (Å²) < 4.78 is 39.8. The quantitative estimate of drug-likeness (QED) is 0.109. The van der Waals surface area contributed by atoms with Crippen molar-refractivity contribution in [2.45, 2.75) is 82.8 Å². The van der Waals surface area contributed by atoms with Gasteiger partial charge in [0.2, 0.25) is 0 Å². The molecule has 0 aromatic heterocycles. The summed E-state index contributed by atoms with van der Waals surface area (Å²) in [6.45, 7) is 9.62. The van der Waals surface area contributed by atoms with E-state index in [1.54, 1.807) is 0 Å². The van der Waals surface area contributed by atoms with Crippen LogP contribution in [0.15, 0.2) is 121 Å². The first kappa shape index (κ1) is 34.2. The Balaban J connectivity index is 1.43. The molecule has 7 heteroatoms. The van der Waals surface area contributed by atoms with Crippen LogP contribution in [0.25, 0.3) is 0 Å². The number of rotatable bonds is 17. The average Bonchev–Trinajstić information content (AvgIpc) is 3.07. The maximum Gasteiger partial charge on any atom is 0.186 e. The van der Waals surface area contributed by atoms with Gasteiger partial charge in [-0.05, 0) is 28.3 Å². The summed E-state index contributed by atoms with van der Waals surface area (Å²) >= 11 is 0.